The highest BCUT2D eigenvalue weighted by Gasteiger charge is 2.45. The first kappa shape index (κ1) is 35.9. The first-order valence-corrected chi connectivity index (χ1v) is 17.8. The minimum absolute atomic E-state index is 0.0897. The topological polar surface area (TPSA) is 126 Å². The first-order chi connectivity index (χ1) is 22.9. The molecule has 4 heterocycles. The number of ketones is 1. The van der Waals surface area contributed by atoms with Crippen molar-refractivity contribution in [3.63, 3.8) is 0 Å². The number of hydrogen-bond donors (Lipinski definition) is 1. The van der Waals surface area contributed by atoms with Crippen LogP contribution >= 0.6 is 38.5 Å². The van der Waals surface area contributed by atoms with Gasteiger partial charge in [0.1, 0.15) is 41.2 Å². The number of carbonyl (C=O) groups excluding carboxylic acids is 3. The molecule has 5 rings (SSSR count). The van der Waals surface area contributed by atoms with Crippen molar-refractivity contribution in [2.24, 2.45) is 5.92 Å². The third kappa shape index (κ3) is 7.91. The van der Waals surface area contributed by atoms with Crippen LogP contribution in [0, 0.1) is 19.8 Å². The molecule has 1 N–H and O–H groups in total. The normalized spacial score (nSPS) is 17.8. The summed E-state index contributed by atoms with van der Waals surface area (Å²) in [7, 11) is 4.08. The minimum Gasteiger partial charge on any atom is -0.317 e. The maximum absolute atomic E-state index is 14.7. The number of rotatable bonds is 12. The number of anilines is 1. The molecule has 48 heavy (non-hydrogen) atoms. The Balaban J connectivity index is 1.48. The van der Waals surface area contributed by atoms with Gasteiger partial charge in [0.15, 0.2) is 5.78 Å². The van der Waals surface area contributed by atoms with Gasteiger partial charge in [-0.05, 0) is 105 Å². The van der Waals surface area contributed by atoms with E-state index in [1.807, 2.05) is 27.1 Å². The molecule has 2 amide bonds. The number of alkyl halides is 2. The molecule has 254 valence electrons. The van der Waals surface area contributed by atoms with E-state index in [0.29, 0.717) is 44.7 Å². The molecule has 0 spiro atoms. The molecule has 11 nitrogen and oxygen atoms in total. The molecule has 1 aliphatic heterocycles. The fourth-order valence-corrected chi connectivity index (χ4v) is 7.84. The molecule has 3 aromatic heterocycles. The molecule has 14 heteroatoms. The summed E-state index contributed by atoms with van der Waals surface area (Å²) in [5.41, 5.74) is 2.89. The Kier molecular flexibility index (Phi) is 11.6. The van der Waals surface area contributed by atoms with E-state index >= 15 is 0 Å². The first-order valence-electron chi connectivity index (χ1n) is 15.8. The van der Waals surface area contributed by atoms with E-state index in [0.717, 1.165) is 31.4 Å². The number of fused-ring (bicyclic) bond motifs is 1. The monoisotopic (exact) mass is 832 g/mol. The number of halogens is 3. The summed E-state index contributed by atoms with van der Waals surface area (Å²) in [5, 5.41) is 7.93. The van der Waals surface area contributed by atoms with Gasteiger partial charge in [-0.1, -0.05) is 35.1 Å². The lowest BCUT2D eigenvalue weighted by Gasteiger charge is -2.28. The van der Waals surface area contributed by atoms with E-state index < -0.39 is 12.7 Å². The zero-order chi connectivity index (χ0) is 34.7. The standard InChI is InChI=1S/C34H39BrFIN8O3/c1-19-9-10-28(35)40-33(19)41-34(48)27-14-22(8-6-7-11-43(4)5)32(37)45(27)29(47)18-44-31-24(15-36)12-23(25-16-38-21(3)39-17-25)13-26(31)30(42-44)20(2)46/h9-10,12-13,16-17,22,27,32H,6-8,11,14-15,18H2,1-5H3,(H,40,41,48)/t22-,27-,32-/m0/s1. The summed E-state index contributed by atoms with van der Waals surface area (Å²) in [6, 6.07) is 6.34. The molecule has 1 aromatic carbocycles. The molecule has 1 fully saturated rings. The van der Waals surface area contributed by atoms with Crippen LogP contribution < -0.4 is 5.32 Å². The number of Topliss-reactive ketones (excluding diaryl/α,β-unsaturated/α-hetero) is 1. The van der Waals surface area contributed by atoms with Crippen molar-refractivity contribution in [2.75, 3.05) is 26.0 Å². The molecule has 0 bridgehead atoms. The number of benzene rings is 1. The smallest absolute Gasteiger partial charge is 0.248 e. The third-order valence-corrected chi connectivity index (χ3v) is 10.7. The van der Waals surface area contributed by atoms with Gasteiger partial charge < -0.3 is 15.1 Å². The number of amides is 2. The highest BCUT2D eigenvalue weighted by Crippen LogP contribution is 2.39. The second-order valence-corrected chi connectivity index (χ2v) is 14.6. The summed E-state index contributed by atoms with van der Waals surface area (Å²) >= 11 is 5.64. The van der Waals surface area contributed by atoms with Crippen molar-refractivity contribution < 1.29 is 18.8 Å². The number of nitrogens with one attached hydrogen (secondary N) is 1. The number of likely N-dealkylation sites (tertiary alicyclic amines) is 1. The van der Waals surface area contributed by atoms with Crippen LogP contribution in [0.25, 0.3) is 22.0 Å². The van der Waals surface area contributed by atoms with Crippen LogP contribution in [-0.2, 0) is 22.8 Å². The molecule has 0 unspecified atom stereocenters. The van der Waals surface area contributed by atoms with Crippen molar-refractivity contribution in [1.82, 2.24) is 34.5 Å². The molecule has 0 aliphatic carbocycles. The second kappa shape index (κ2) is 15.5. The number of carbonyl (C=O) groups is 3. The fourth-order valence-electron chi connectivity index (χ4n) is 6.18. The van der Waals surface area contributed by atoms with Crippen LogP contribution in [0.1, 0.15) is 60.0 Å². The Morgan fingerprint density at radius 2 is 1.83 bits per heavy atom. The van der Waals surface area contributed by atoms with Gasteiger partial charge in [0.2, 0.25) is 11.8 Å². The van der Waals surface area contributed by atoms with Gasteiger partial charge in [0.05, 0.1) is 9.57 Å². The number of nitrogens with zero attached hydrogens (tertiary/aromatic N) is 7. The van der Waals surface area contributed by atoms with Crippen LogP contribution in [0.3, 0.4) is 0 Å². The van der Waals surface area contributed by atoms with E-state index in [1.165, 1.54) is 11.6 Å². The van der Waals surface area contributed by atoms with Crippen LogP contribution in [-0.4, -0.2) is 82.9 Å². The average molecular weight is 834 g/mol. The Bertz CT molecular complexity index is 1830. The van der Waals surface area contributed by atoms with Crippen LogP contribution in [0.15, 0.2) is 41.3 Å². The summed E-state index contributed by atoms with van der Waals surface area (Å²) in [6.45, 7) is 4.87. The lowest BCUT2D eigenvalue weighted by Crippen LogP contribution is -2.47. The summed E-state index contributed by atoms with van der Waals surface area (Å²) < 4.78 is 16.4. The predicted octanol–water partition coefficient (Wildman–Crippen LogP) is 6.29. The zero-order valence-corrected chi connectivity index (χ0v) is 31.4. The summed E-state index contributed by atoms with van der Waals surface area (Å²) in [4.78, 5) is 57.6. The highest BCUT2D eigenvalue weighted by atomic mass is 127. The quantitative estimate of drug-likeness (QED) is 0.0442. The van der Waals surface area contributed by atoms with Gasteiger partial charge in [0, 0.05) is 35.8 Å². The van der Waals surface area contributed by atoms with E-state index in [2.05, 4.69) is 68.8 Å². The number of pyridine rings is 1. The SMILES string of the molecule is CC(=O)c1nn(CC(=O)N2[C@H](I)[C@@H](CCCCN(C)C)C[C@H]2C(=O)Nc2nc(Br)ccc2C)c2c(CF)cc(-c3cnc(C)nc3)cc12. The molecule has 1 saturated heterocycles. The lowest BCUT2D eigenvalue weighted by atomic mass is 9.98. The Labute approximate surface area is 301 Å². The molecular formula is C34H39BrFIN8O3. The van der Waals surface area contributed by atoms with E-state index in [-0.39, 0.29) is 45.4 Å². The number of aryl methyl sites for hydroxylation is 2. The van der Waals surface area contributed by atoms with Crippen LogP contribution in [0.4, 0.5) is 10.2 Å². The van der Waals surface area contributed by atoms with Gasteiger partial charge in [-0.3, -0.25) is 19.1 Å². The van der Waals surface area contributed by atoms with E-state index in [1.54, 1.807) is 42.4 Å². The van der Waals surface area contributed by atoms with Gasteiger partial charge in [0.25, 0.3) is 0 Å². The maximum Gasteiger partial charge on any atom is 0.248 e. The van der Waals surface area contributed by atoms with Crippen molar-refractivity contribution in [1.29, 1.82) is 0 Å². The second-order valence-electron chi connectivity index (χ2n) is 12.5. The third-order valence-electron chi connectivity index (χ3n) is 8.64. The molecule has 1 aliphatic rings. The van der Waals surface area contributed by atoms with E-state index in [4.69, 9.17) is 0 Å². The van der Waals surface area contributed by atoms with Crippen molar-refractivity contribution in [2.45, 2.75) is 69.8 Å². The predicted molar refractivity (Wildman–Crippen MR) is 195 cm³/mol. The molecule has 3 atom stereocenters. The maximum atomic E-state index is 14.7. The van der Waals surface area contributed by atoms with Gasteiger partial charge >= 0.3 is 0 Å². The van der Waals surface area contributed by atoms with Crippen molar-refractivity contribution in [3.8, 4) is 11.1 Å². The van der Waals surface area contributed by atoms with Crippen molar-refractivity contribution in [3.05, 3.63) is 63.9 Å². The highest BCUT2D eigenvalue weighted by molar-refractivity contribution is 14.1. The molecule has 4 aromatic rings. The zero-order valence-electron chi connectivity index (χ0n) is 27.6. The minimum atomic E-state index is -0.841. The van der Waals surface area contributed by atoms with Crippen LogP contribution in [0.2, 0.25) is 0 Å². The van der Waals surface area contributed by atoms with Gasteiger partial charge in [-0.2, -0.15) is 5.10 Å². The van der Waals surface area contributed by atoms with Crippen molar-refractivity contribution >= 4 is 72.8 Å². The number of hydrogen-bond acceptors (Lipinski definition) is 8. The molecular weight excluding hydrogens is 794 g/mol. The summed E-state index contributed by atoms with van der Waals surface area (Å²) in [5.74, 6) is 0.138. The Morgan fingerprint density at radius 1 is 1.10 bits per heavy atom. The number of aromatic nitrogens is 5. The largest absolute Gasteiger partial charge is 0.317 e. The van der Waals surface area contributed by atoms with E-state index in [9.17, 15) is 18.8 Å². The lowest BCUT2D eigenvalue weighted by molar-refractivity contribution is -0.137. The summed E-state index contributed by atoms with van der Waals surface area (Å²) in [6.07, 6.45) is 6.62. The Morgan fingerprint density at radius 3 is 2.50 bits per heavy atom. The Hall–Kier alpha value is -3.37. The number of unbranched alkanes of at least 4 members (excludes halogenated alkanes) is 1. The molecule has 0 radical (unpaired) electrons. The van der Waals surface area contributed by atoms with Gasteiger partial charge in [-0.25, -0.2) is 19.3 Å². The molecule has 0 saturated carbocycles. The average Bonchev–Trinajstić information content (AvgIpc) is 3.58. The van der Waals surface area contributed by atoms with Gasteiger partial charge in [-0.15, -0.1) is 0 Å². The van der Waals surface area contributed by atoms with Crippen LogP contribution in [0.5, 0.6) is 0 Å². The fraction of sp³-hybridized carbons (Fsp3) is 0.441.